The summed E-state index contributed by atoms with van der Waals surface area (Å²) < 4.78 is 2.02. The summed E-state index contributed by atoms with van der Waals surface area (Å²) >= 11 is 0. The fourth-order valence-electron chi connectivity index (χ4n) is 3.13. The van der Waals surface area contributed by atoms with Crippen LogP contribution in [0.1, 0.15) is 24.4 Å². The molecule has 23 heavy (non-hydrogen) atoms. The first-order chi connectivity index (χ1) is 11.2. The summed E-state index contributed by atoms with van der Waals surface area (Å²) in [5.74, 6) is 0.263. The van der Waals surface area contributed by atoms with Crippen LogP contribution in [-0.4, -0.2) is 51.9 Å². The lowest BCUT2D eigenvalue weighted by Gasteiger charge is -2.39. The molecule has 1 aliphatic heterocycles. The maximum atomic E-state index is 12.5. The first-order valence-electron chi connectivity index (χ1n) is 8.23. The molecule has 0 radical (unpaired) electrons. The van der Waals surface area contributed by atoms with Crippen LogP contribution >= 0.6 is 0 Å². The summed E-state index contributed by atoms with van der Waals surface area (Å²) in [7, 11) is 2.14. The predicted octanol–water partition coefficient (Wildman–Crippen LogP) is 2.18. The summed E-state index contributed by atoms with van der Waals surface area (Å²) in [5.41, 5.74) is 1.28. The molecule has 122 valence electrons. The molecule has 1 saturated heterocycles. The van der Waals surface area contributed by atoms with E-state index < -0.39 is 0 Å². The van der Waals surface area contributed by atoms with Gasteiger partial charge in [-0.15, -0.1) is 0 Å². The van der Waals surface area contributed by atoms with Crippen molar-refractivity contribution in [3.8, 4) is 0 Å². The van der Waals surface area contributed by atoms with Crippen LogP contribution in [0.25, 0.3) is 0 Å². The standard InChI is InChI=1S/C18H24N4O/c1-20-12-13-22(14-17(20)16-6-3-2-4-7-16)18(23)8-5-10-21-11-9-19-15-21/h2-4,6-7,9,11,15,17H,5,8,10,12-14H2,1H3. The van der Waals surface area contributed by atoms with E-state index in [1.54, 1.807) is 12.5 Å². The van der Waals surface area contributed by atoms with Gasteiger partial charge in [-0.3, -0.25) is 9.69 Å². The van der Waals surface area contributed by atoms with Gasteiger partial charge in [-0.05, 0) is 19.0 Å². The predicted molar refractivity (Wildman–Crippen MR) is 89.9 cm³/mol. The summed E-state index contributed by atoms with van der Waals surface area (Å²) in [4.78, 5) is 20.9. The minimum atomic E-state index is 0.263. The number of carbonyl (C=O) groups is 1. The number of rotatable bonds is 5. The Balaban J connectivity index is 1.54. The second-order valence-corrected chi connectivity index (χ2v) is 6.15. The van der Waals surface area contributed by atoms with Gasteiger partial charge in [-0.25, -0.2) is 4.98 Å². The third-order valence-corrected chi connectivity index (χ3v) is 4.55. The smallest absolute Gasteiger partial charge is 0.222 e. The Morgan fingerprint density at radius 3 is 2.83 bits per heavy atom. The second kappa shape index (κ2) is 7.42. The third-order valence-electron chi connectivity index (χ3n) is 4.55. The number of hydrogen-bond donors (Lipinski definition) is 0. The van der Waals surface area contributed by atoms with E-state index in [1.165, 1.54) is 5.56 Å². The summed E-state index contributed by atoms with van der Waals surface area (Å²) in [5, 5.41) is 0. The van der Waals surface area contributed by atoms with Crippen molar-refractivity contribution in [1.29, 1.82) is 0 Å². The lowest BCUT2D eigenvalue weighted by molar-refractivity contribution is -0.134. The molecule has 1 aromatic heterocycles. The largest absolute Gasteiger partial charge is 0.339 e. The SMILES string of the molecule is CN1CCN(C(=O)CCCn2ccnc2)CC1c1ccccc1. The molecule has 0 bridgehead atoms. The van der Waals surface area contributed by atoms with Crippen LogP contribution in [0, 0.1) is 0 Å². The van der Waals surface area contributed by atoms with Crippen molar-refractivity contribution in [2.24, 2.45) is 0 Å². The third kappa shape index (κ3) is 3.99. The molecule has 1 aliphatic rings. The number of piperazine rings is 1. The van der Waals surface area contributed by atoms with Crippen LogP contribution in [0.2, 0.25) is 0 Å². The number of amides is 1. The van der Waals surface area contributed by atoms with Gasteiger partial charge in [0, 0.05) is 45.0 Å². The zero-order chi connectivity index (χ0) is 16.1. The Hall–Kier alpha value is -2.14. The molecule has 0 N–H and O–H groups in total. The molecule has 1 aromatic carbocycles. The summed E-state index contributed by atoms with van der Waals surface area (Å²) in [6, 6.07) is 10.8. The second-order valence-electron chi connectivity index (χ2n) is 6.15. The number of aromatic nitrogens is 2. The van der Waals surface area contributed by atoms with Gasteiger partial charge < -0.3 is 9.47 Å². The van der Waals surface area contributed by atoms with Gasteiger partial charge in [-0.1, -0.05) is 30.3 Å². The average Bonchev–Trinajstić information content (AvgIpc) is 3.09. The topological polar surface area (TPSA) is 41.4 Å². The summed E-state index contributed by atoms with van der Waals surface area (Å²) in [6.07, 6.45) is 6.96. The number of benzene rings is 1. The molecule has 0 saturated carbocycles. The van der Waals surface area contributed by atoms with Gasteiger partial charge in [0.05, 0.1) is 12.4 Å². The molecular formula is C18H24N4O. The molecule has 1 amide bonds. The van der Waals surface area contributed by atoms with Gasteiger partial charge in [0.1, 0.15) is 0 Å². The van der Waals surface area contributed by atoms with Crippen LogP contribution in [-0.2, 0) is 11.3 Å². The highest BCUT2D eigenvalue weighted by atomic mass is 16.2. The van der Waals surface area contributed by atoms with Gasteiger partial charge in [0.2, 0.25) is 5.91 Å². The van der Waals surface area contributed by atoms with Crippen molar-refractivity contribution in [2.45, 2.75) is 25.4 Å². The van der Waals surface area contributed by atoms with E-state index in [1.807, 2.05) is 21.7 Å². The van der Waals surface area contributed by atoms with E-state index in [2.05, 4.69) is 41.2 Å². The van der Waals surface area contributed by atoms with Crippen LogP contribution in [0.5, 0.6) is 0 Å². The minimum Gasteiger partial charge on any atom is -0.339 e. The zero-order valence-corrected chi connectivity index (χ0v) is 13.6. The van der Waals surface area contributed by atoms with Crippen molar-refractivity contribution in [3.05, 3.63) is 54.6 Å². The molecule has 2 heterocycles. The van der Waals surface area contributed by atoms with Crippen molar-refractivity contribution in [2.75, 3.05) is 26.7 Å². The van der Waals surface area contributed by atoms with Crippen molar-refractivity contribution < 1.29 is 4.79 Å². The lowest BCUT2D eigenvalue weighted by Crippen LogP contribution is -2.49. The van der Waals surface area contributed by atoms with Crippen LogP contribution in [0.4, 0.5) is 0 Å². The molecule has 2 aromatic rings. The van der Waals surface area contributed by atoms with Crippen LogP contribution in [0.15, 0.2) is 49.1 Å². The number of imidazole rings is 1. The minimum absolute atomic E-state index is 0.263. The van der Waals surface area contributed by atoms with E-state index in [0.717, 1.165) is 32.6 Å². The molecule has 5 heteroatoms. The Kier molecular flexibility index (Phi) is 5.08. The zero-order valence-electron chi connectivity index (χ0n) is 13.6. The van der Waals surface area contributed by atoms with Gasteiger partial charge >= 0.3 is 0 Å². The Morgan fingerprint density at radius 1 is 1.26 bits per heavy atom. The number of nitrogens with zero attached hydrogens (tertiary/aromatic N) is 4. The number of hydrogen-bond acceptors (Lipinski definition) is 3. The maximum absolute atomic E-state index is 12.5. The van der Waals surface area contributed by atoms with Crippen LogP contribution < -0.4 is 0 Å². The fraction of sp³-hybridized carbons (Fsp3) is 0.444. The average molecular weight is 312 g/mol. The van der Waals surface area contributed by atoms with E-state index in [-0.39, 0.29) is 5.91 Å². The first kappa shape index (κ1) is 15.7. The normalized spacial score (nSPS) is 19.0. The molecule has 5 nitrogen and oxygen atoms in total. The monoisotopic (exact) mass is 312 g/mol. The molecule has 1 unspecified atom stereocenters. The lowest BCUT2D eigenvalue weighted by atomic mass is 10.0. The Bertz CT molecular complexity index is 611. The molecule has 1 atom stereocenters. The number of aryl methyl sites for hydroxylation is 1. The Morgan fingerprint density at radius 2 is 2.09 bits per heavy atom. The van der Waals surface area contributed by atoms with Crippen molar-refractivity contribution >= 4 is 5.91 Å². The van der Waals surface area contributed by atoms with Gasteiger partial charge in [0.25, 0.3) is 0 Å². The highest BCUT2D eigenvalue weighted by Gasteiger charge is 2.27. The van der Waals surface area contributed by atoms with Crippen molar-refractivity contribution in [1.82, 2.24) is 19.4 Å². The van der Waals surface area contributed by atoms with E-state index >= 15 is 0 Å². The van der Waals surface area contributed by atoms with E-state index in [0.29, 0.717) is 12.5 Å². The quantitative estimate of drug-likeness (QED) is 0.850. The van der Waals surface area contributed by atoms with Crippen LogP contribution in [0.3, 0.4) is 0 Å². The number of likely N-dealkylation sites (N-methyl/N-ethyl adjacent to an activating group) is 1. The molecule has 3 rings (SSSR count). The fourth-order valence-corrected chi connectivity index (χ4v) is 3.13. The molecular weight excluding hydrogens is 288 g/mol. The summed E-state index contributed by atoms with van der Waals surface area (Å²) in [6.45, 7) is 3.38. The first-order valence-corrected chi connectivity index (χ1v) is 8.23. The Labute approximate surface area is 137 Å². The molecule has 0 spiro atoms. The molecule has 1 fully saturated rings. The highest BCUT2D eigenvalue weighted by molar-refractivity contribution is 5.76. The van der Waals surface area contributed by atoms with E-state index in [4.69, 9.17) is 0 Å². The van der Waals surface area contributed by atoms with Gasteiger partial charge in [0.15, 0.2) is 0 Å². The maximum Gasteiger partial charge on any atom is 0.222 e. The van der Waals surface area contributed by atoms with Crippen molar-refractivity contribution in [3.63, 3.8) is 0 Å². The number of carbonyl (C=O) groups excluding carboxylic acids is 1. The molecule has 0 aliphatic carbocycles. The van der Waals surface area contributed by atoms with Gasteiger partial charge in [-0.2, -0.15) is 0 Å². The highest BCUT2D eigenvalue weighted by Crippen LogP contribution is 2.24. The van der Waals surface area contributed by atoms with E-state index in [9.17, 15) is 4.79 Å².